The Hall–Kier alpha value is -0.610. The molecule has 0 atom stereocenters. The Kier molecular flexibility index (Phi) is 5.89. The van der Waals surface area contributed by atoms with Crippen LogP contribution < -0.4 is 0 Å². The zero-order valence-corrected chi connectivity index (χ0v) is 14.6. The molecule has 5 heteroatoms. The molecular weight excluding hydrogens is 321 g/mol. The van der Waals surface area contributed by atoms with Crippen LogP contribution in [0.15, 0.2) is 18.2 Å². The fourth-order valence-corrected chi connectivity index (χ4v) is 3.13. The minimum atomic E-state index is -0.934. The first-order valence-electron chi connectivity index (χ1n) is 7.71. The predicted molar refractivity (Wildman–Crippen MR) is 91.2 cm³/mol. The van der Waals surface area contributed by atoms with Crippen molar-refractivity contribution >= 4 is 29.4 Å². The number of hydrogen-bond acceptors (Lipinski definition) is 3. The Morgan fingerprint density at radius 1 is 1.18 bits per heavy atom. The number of ether oxygens (including phenoxy) is 2. The highest BCUT2D eigenvalue weighted by Gasteiger charge is 2.41. The molecule has 0 aromatic heterocycles. The second-order valence-corrected chi connectivity index (χ2v) is 6.82. The summed E-state index contributed by atoms with van der Waals surface area (Å²) >= 11 is 12.1. The summed E-state index contributed by atoms with van der Waals surface area (Å²) in [6.45, 7) is 5.57. The molecule has 1 aliphatic heterocycles. The summed E-state index contributed by atoms with van der Waals surface area (Å²) in [7, 11) is 0. The van der Waals surface area contributed by atoms with Gasteiger partial charge in [-0.1, -0.05) is 43.1 Å². The van der Waals surface area contributed by atoms with Gasteiger partial charge in [-0.25, -0.2) is 0 Å². The van der Waals surface area contributed by atoms with Crippen LogP contribution in [0, 0.1) is 10.8 Å². The van der Waals surface area contributed by atoms with Crippen LogP contribution in [-0.4, -0.2) is 25.2 Å². The average Bonchev–Trinajstić information content (AvgIpc) is 2.55. The summed E-state index contributed by atoms with van der Waals surface area (Å²) < 4.78 is 11.9. The van der Waals surface area contributed by atoms with E-state index in [-0.39, 0.29) is 5.41 Å². The molecule has 1 N–H and O–H groups in total. The quantitative estimate of drug-likeness (QED) is 0.728. The molecule has 0 saturated carbocycles. The van der Waals surface area contributed by atoms with Crippen LogP contribution in [0.4, 0.5) is 0 Å². The van der Waals surface area contributed by atoms with Gasteiger partial charge in [0.25, 0.3) is 0 Å². The Balaban J connectivity index is 2.02. The monoisotopic (exact) mass is 343 g/mol. The summed E-state index contributed by atoms with van der Waals surface area (Å²) in [5, 5.41) is 8.97. The van der Waals surface area contributed by atoms with Gasteiger partial charge in [-0.15, -0.1) is 0 Å². The highest BCUT2D eigenvalue weighted by molar-refractivity contribution is 6.35. The average molecular weight is 344 g/mol. The lowest BCUT2D eigenvalue weighted by molar-refractivity contribution is -0.267. The molecule has 2 rings (SSSR count). The fourth-order valence-electron chi connectivity index (χ4n) is 2.63. The van der Waals surface area contributed by atoms with E-state index in [1.54, 1.807) is 6.07 Å². The van der Waals surface area contributed by atoms with Crippen molar-refractivity contribution in [1.29, 1.82) is 5.41 Å². The third-order valence-electron chi connectivity index (χ3n) is 4.72. The zero-order valence-electron chi connectivity index (χ0n) is 13.1. The van der Waals surface area contributed by atoms with Gasteiger partial charge in [-0.2, -0.15) is 0 Å². The Morgan fingerprint density at radius 3 is 2.32 bits per heavy atom. The maximum atomic E-state index is 7.71. The molecule has 0 spiro atoms. The van der Waals surface area contributed by atoms with Crippen LogP contribution in [0.3, 0.4) is 0 Å². The van der Waals surface area contributed by atoms with Crippen LogP contribution in [0.5, 0.6) is 0 Å². The van der Waals surface area contributed by atoms with Gasteiger partial charge in [-0.05, 0) is 37.0 Å². The summed E-state index contributed by atoms with van der Waals surface area (Å²) in [5.74, 6) is -0.934. The second-order valence-electron chi connectivity index (χ2n) is 5.98. The van der Waals surface area contributed by atoms with Gasteiger partial charge in [-0.3, -0.25) is 0 Å². The molecule has 22 heavy (non-hydrogen) atoms. The number of hydrogen-bond donors (Lipinski definition) is 1. The van der Waals surface area contributed by atoms with E-state index < -0.39 is 5.79 Å². The van der Waals surface area contributed by atoms with E-state index in [4.69, 9.17) is 38.1 Å². The van der Waals surface area contributed by atoms with E-state index in [9.17, 15) is 0 Å². The van der Waals surface area contributed by atoms with Crippen molar-refractivity contribution in [3.63, 3.8) is 0 Å². The molecule has 0 bridgehead atoms. The van der Waals surface area contributed by atoms with Gasteiger partial charge >= 0.3 is 0 Å². The maximum absolute atomic E-state index is 7.71. The van der Waals surface area contributed by atoms with Crippen molar-refractivity contribution in [2.75, 3.05) is 13.2 Å². The van der Waals surface area contributed by atoms with E-state index in [0.29, 0.717) is 36.1 Å². The smallest absolute Gasteiger partial charge is 0.204 e. The fraction of sp³-hybridized carbons (Fsp3) is 0.588. The van der Waals surface area contributed by atoms with Crippen LogP contribution in [0.1, 0.15) is 38.7 Å². The summed E-state index contributed by atoms with van der Waals surface area (Å²) in [4.78, 5) is 0. The Labute approximate surface area is 142 Å². The molecule has 0 unspecified atom stereocenters. The standard InChI is InChI=1S/C17H23Cl2NO2/c1-3-16(4-2)11-21-17(10-20,22-12-16)8-7-13-5-6-14(18)9-15(13)19/h5-6,9-10,20H,3-4,7-8,11-12H2,1-2H3. The Morgan fingerprint density at radius 2 is 1.82 bits per heavy atom. The zero-order chi connectivity index (χ0) is 16.2. The minimum absolute atomic E-state index is 0.0738. The molecule has 1 saturated heterocycles. The lowest BCUT2D eigenvalue weighted by Crippen LogP contribution is -2.50. The largest absolute Gasteiger partial charge is 0.344 e. The van der Waals surface area contributed by atoms with Crippen molar-refractivity contribution in [3.05, 3.63) is 33.8 Å². The minimum Gasteiger partial charge on any atom is -0.344 e. The van der Waals surface area contributed by atoms with Crippen molar-refractivity contribution in [2.24, 2.45) is 5.41 Å². The number of aryl methyl sites for hydroxylation is 1. The molecule has 1 heterocycles. The molecule has 0 amide bonds. The van der Waals surface area contributed by atoms with Crippen molar-refractivity contribution in [2.45, 2.75) is 45.3 Å². The lowest BCUT2D eigenvalue weighted by Gasteiger charge is -2.44. The van der Waals surface area contributed by atoms with Crippen LogP contribution in [-0.2, 0) is 15.9 Å². The molecule has 1 aliphatic rings. The number of benzene rings is 1. The molecule has 3 nitrogen and oxygen atoms in total. The van der Waals surface area contributed by atoms with Crippen molar-refractivity contribution < 1.29 is 9.47 Å². The maximum Gasteiger partial charge on any atom is 0.204 e. The SMILES string of the molecule is CCC1(CC)COC(C=N)(CCc2ccc(Cl)cc2Cl)OC1. The molecule has 1 aromatic carbocycles. The van der Waals surface area contributed by atoms with E-state index in [2.05, 4.69) is 13.8 Å². The molecule has 1 fully saturated rings. The van der Waals surface area contributed by atoms with Crippen LogP contribution in [0.2, 0.25) is 10.0 Å². The molecule has 0 radical (unpaired) electrons. The Bertz CT molecular complexity index is 519. The van der Waals surface area contributed by atoms with E-state index in [0.717, 1.165) is 18.4 Å². The number of halogens is 2. The van der Waals surface area contributed by atoms with Crippen molar-refractivity contribution in [1.82, 2.24) is 0 Å². The summed E-state index contributed by atoms with van der Waals surface area (Å²) in [6, 6.07) is 5.46. The topological polar surface area (TPSA) is 42.3 Å². The van der Waals surface area contributed by atoms with E-state index in [1.807, 2.05) is 12.1 Å². The highest BCUT2D eigenvalue weighted by Crippen LogP contribution is 2.37. The summed E-state index contributed by atoms with van der Waals surface area (Å²) in [6.07, 6.45) is 4.55. The molecule has 0 aliphatic carbocycles. The van der Waals surface area contributed by atoms with Gasteiger partial charge in [0.05, 0.1) is 19.4 Å². The van der Waals surface area contributed by atoms with Gasteiger partial charge in [0, 0.05) is 21.9 Å². The second kappa shape index (κ2) is 7.31. The first-order valence-corrected chi connectivity index (χ1v) is 8.47. The number of nitrogens with one attached hydrogen (secondary N) is 1. The lowest BCUT2D eigenvalue weighted by atomic mass is 9.83. The normalized spacial score (nSPS) is 19.8. The molecule has 1 aromatic rings. The predicted octanol–water partition coefficient (Wildman–Crippen LogP) is 5.13. The first kappa shape index (κ1) is 17.7. The van der Waals surface area contributed by atoms with Crippen LogP contribution >= 0.6 is 23.2 Å². The van der Waals surface area contributed by atoms with Crippen molar-refractivity contribution in [3.8, 4) is 0 Å². The van der Waals surface area contributed by atoms with Gasteiger partial charge in [0.2, 0.25) is 5.79 Å². The third kappa shape index (κ3) is 3.83. The van der Waals surface area contributed by atoms with E-state index in [1.165, 1.54) is 6.21 Å². The molecular formula is C17H23Cl2NO2. The van der Waals surface area contributed by atoms with E-state index >= 15 is 0 Å². The number of rotatable bonds is 6. The summed E-state index contributed by atoms with van der Waals surface area (Å²) in [5.41, 5.74) is 1.06. The van der Waals surface area contributed by atoms with Gasteiger partial charge in [0.1, 0.15) is 0 Å². The highest BCUT2D eigenvalue weighted by atomic mass is 35.5. The third-order valence-corrected chi connectivity index (χ3v) is 5.31. The van der Waals surface area contributed by atoms with Gasteiger partial charge in [0.15, 0.2) is 0 Å². The first-order chi connectivity index (χ1) is 10.5. The van der Waals surface area contributed by atoms with Gasteiger partial charge < -0.3 is 14.9 Å². The molecule has 122 valence electrons. The van der Waals surface area contributed by atoms with Crippen LogP contribution in [0.25, 0.3) is 0 Å².